The zero-order chi connectivity index (χ0) is 14.9. The fourth-order valence-corrected chi connectivity index (χ4v) is 3.38. The van der Waals surface area contributed by atoms with Gasteiger partial charge in [-0.3, -0.25) is 19.8 Å². The van der Waals surface area contributed by atoms with Gasteiger partial charge in [-0.2, -0.15) is 0 Å². The molecule has 6 heteroatoms. The first-order chi connectivity index (χ1) is 9.47. The van der Waals surface area contributed by atoms with E-state index in [1.165, 1.54) is 16.2 Å². The van der Waals surface area contributed by atoms with Gasteiger partial charge in [0, 0.05) is 4.88 Å². The van der Waals surface area contributed by atoms with Gasteiger partial charge in [-0.25, -0.2) is 4.79 Å². The van der Waals surface area contributed by atoms with E-state index in [1.54, 1.807) is 0 Å². The molecule has 0 aromatic carbocycles. The molecule has 0 bridgehead atoms. The molecule has 2 rings (SSSR count). The first kappa shape index (κ1) is 14.7. The molecule has 1 aromatic heterocycles. The smallest absolute Gasteiger partial charge is 0.277 e. The van der Waals surface area contributed by atoms with Crippen LogP contribution in [0.2, 0.25) is 0 Å². The molecular formula is C14H18N2O3S. The summed E-state index contributed by atoms with van der Waals surface area (Å²) >= 11 is 1.50. The van der Waals surface area contributed by atoms with Gasteiger partial charge in [0.1, 0.15) is 5.92 Å². The van der Waals surface area contributed by atoms with Crippen molar-refractivity contribution in [3.8, 4) is 0 Å². The van der Waals surface area contributed by atoms with E-state index in [1.807, 2.05) is 38.3 Å². The molecule has 1 aliphatic heterocycles. The standard InChI is InChI=1S/C14H18N2O3S/c1-4-9(10-6-5-7-20-10)16-13(18)11(8(2)3)12(17)15-14(16)19/h5-9,11H,4H2,1-3H3,(H,15,17,19). The van der Waals surface area contributed by atoms with Gasteiger partial charge in [0.15, 0.2) is 0 Å². The summed E-state index contributed by atoms with van der Waals surface area (Å²) in [7, 11) is 0. The van der Waals surface area contributed by atoms with Crippen molar-refractivity contribution in [3.63, 3.8) is 0 Å². The minimum absolute atomic E-state index is 0.140. The van der Waals surface area contributed by atoms with Crippen LogP contribution in [0.3, 0.4) is 0 Å². The first-order valence-electron chi connectivity index (χ1n) is 6.68. The molecule has 2 heterocycles. The third kappa shape index (κ3) is 2.47. The van der Waals surface area contributed by atoms with Crippen LogP contribution in [0.15, 0.2) is 17.5 Å². The van der Waals surface area contributed by atoms with E-state index in [2.05, 4.69) is 5.32 Å². The number of hydrogen-bond acceptors (Lipinski definition) is 4. The van der Waals surface area contributed by atoms with Crippen LogP contribution in [0.4, 0.5) is 4.79 Å². The Morgan fingerprint density at radius 2 is 2.05 bits per heavy atom. The third-order valence-corrected chi connectivity index (χ3v) is 4.45. The summed E-state index contributed by atoms with van der Waals surface area (Å²) in [5, 5.41) is 4.21. The van der Waals surface area contributed by atoms with E-state index >= 15 is 0 Å². The monoisotopic (exact) mass is 294 g/mol. The minimum Gasteiger partial charge on any atom is -0.277 e. The largest absolute Gasteiger partial charge is 0.331 e. The van der Waals surface area contributed by atoms with Crippen LogP contribution in [0.5, 0.6) is 0 Å². The van der Waals surface area contributed by atoms with E-state index in [-0.39, 0.29) is 12.0 Å². The highest BCUT2D eigenvalue weighted by atomic mass is 32.1. The van der Waals surface area contributed by atoms with Crippen molar-refractivity contribution in [3.05, 3.63) is 22.4 Å². The summed E-state index contributed by atoms with van der Waals surface area (Å²) in [6.45, 7) is 5.54. The molecule has 1 aliphatic rings. The van der Waals surface area contributed by atoms with Crippen molar-refractivity contribution in [1.82, 2.24) is 10.2 Å². The number of nitrogens with zero attached hydrogens (tertiary/aromatic N) is 1. The summed E-state index contributed by atoms with van der Waals surface area (Å²) in [6.07, 6.45) is 0.624. The Labute approximate surface area is 122 Å². The lowest BCUT2D eigenvalue weighted by atomic mass is 9.91. The van der Waals surface area contributed by atoms with Gasteiger partial charge in [-0.15, -0.1) is 11.3 Å². The van der Waals surface area contributed by atoms with Crippen LogP contribution >= 0.6 is 11.3 Å². The Balaban J connectivity index is 2.35. The lowest BCUT2D eigenvalue weighted by Gasteiger charge is -2.36. The van der Waals surface area contributed by atoms with Gasteiger partial charge >= 0.3 is 6.03 Å². The molecule has 5 nitrogen and oxygen atoms in total. The summed E-state index contributed by atoms with van der Waals surface area (Å²) < 4.78 is 0. The molecule has 0 radical (unpaired) electrons. The molecule has 108 valence electrons. The van der Waals surface area contributed by atoms with Crippen molar-refractivity contribution in [2.75, 3.05) is 0 Å². The lowest BCUT2D eigenvalue weighted by molar-refractivity contribution is -0.146. The number of carbonyl (C=O) groups is 3. The zero-order valence-corrected chi connectivity index (χ0v) is 12.6. The molecule has 4 amide bonds. The number of hydrogen-bond donors (Lipinski definition) is 1. The average Bonchev–Trinajstić information content (AvgIpc) is 2.86. The van der Waals surface area contributed by atoms with Gasteiger partial charge in [-0.05, 0) is 23.8 Å². The second-order valence-corrected chi connectivity index (χ2v) is 6.14. The number of carbonyl (C=O) groups excluding carboxylic acids is 3. The minimum atomic E-state index is -0.790. The highest BCUT2D eigenvalue weighted by molar-refractivity contribution is 7.10. The zero-order valence-electron chi connectivity index (χ0n) is 11.8. The van der Waals surface area contributed by atoms with Crippen LogP contribution in [0, 0.1) is 11.8 Å². The molecule has 2 atom stereocenters. The Kier molecular flexibility index (Phi) is 4.23. The fraction of sp³-hybridized carbons (Fsp3) is 0.500. The highest BCUT2D eigenvalue weighted by Crippen LogP contribution is 2.32. The van der Waals surface area contributed by atoms with Crippen LogP contribution in [-0.4, -0.2) is 22.7 Å². The van der Waals surface area contributed by atoms with E-state index in [4.69, 9.17) is 0 Å². The van der Waals surface area contributed by atoms with Crippen molar-refractivity contribution in [2.45, 2.75) is 33.2 Å². The predicted octanol–water partition coefficient (Wildman–Crippen LogP) is 2.55. The molecule has 1 N–H and O–H groups in total. The van der Waals surface area contributed by atoms with Crippen LogP contribution in [0.25, 0.3) is 0 Å². The quantitative estimate of drug-likeness (QED) is 0.868. The van der Waals surface area contributed by atoms with Crippen molar-refractivity contribution < 1.29 is 14.4 Å². The lowest BCUT2D eigenvalue weighted by Crippen LogP contribution is -2.59. The molecule has 1 fully saturated rings. The Morgan fingerprint density at radius 3 is 2.55 bits per heavy atom. The summed E-state index contributed by atoms with van der Waals surface area (Å²) in [5.41, 5.74) is 0. The number of barbiturate groups is 1. The van der Waals surface area contributed by atoms with E-state index in [9.17, 15) is 14.4 Å². The molecule has 0 aliphatic carbocycles. The van der Waals surface area contributed by atoms with Crippen LogP contribution in [0.1, 0.15) is 38.1 Å². The topological polar surface area (TPSA) is 66.5 Å². The average molecular weight is 294 g/mol. The maximum atomic E-state index is 12.5. The fourth-order valence-electron chi connectivity index (χ4n) is 2.48. The van der Waals surface area contributed by atoms with Gasteiger partial charge in [0.05, 0.1) is 6.04 Å². The number of urea groups is 1. The van der Waals surface area contributed by atoms with Crippen LogP contribution < -0.4 is 5.32 Å². The number of thiophene rings is 1. The van der Waals surface area contributed by atoms with E-state index < -0.39 is 23.8 Å². The van der Waals surface area contributed by atoms with Gasteiger partial charge in [-0.1, -0.05) is 26.8 Å². The van der Waals surface area contributed by atoms with Crippen molar-refractivity contribution >= 4 is 29.2 Å². The van der Waals surface area contributed by atoms with E-state index in [0.29, 0.717) is 6.42 Å². The second kappa shape index (κ2) is 5.75. The van der Waals surface area contributed by atoms with Gasteiger partial charge in [0.25, 0.3) is 0 Å². The Hall–Kier alpha value is -1.69. The molecule has 1 aromatic rings. The van der Waals surface area contributed by atoms with Crippen molar-refractivity contribution in [2.24, 2.45) is 11.8 Å². The maximum absolute atomic E-state index is 12.5. The predicted molar refractivity (Wildman–Crippen MR) is 76.1 cm³/mol. The maximum Gasteiger partial charge on any atom is 0.331 e. The highest BCUT2D eigenvalue weighted by Gasteiger charge is 2.44. The Bertz CT molecular complexity index is 525. The number of rotatable bonds is 4. The van der Waals surface area contributed by atoms with Gasteiger partial charge in [0.2, 0.25) is 11.8 Å². The molecule has 0 saturated carbocycles. The number of nitrogens with one attached hydrogen (secondary N) is 1. The molecule has 20 heavy (non-hydrogen) atoms. The first-order valence-corrected chi connectivity index (χ1v) is 7.56. The third-order valence-electron chi connectivity index (χ3n) is 3.47. The summed E-state index contributed by atoms with van der Waals surface area (Å²) in [4.78, 5) is 38.6. The normalized spacial score (nSPS) is 21.3. The van der Waals surface area contributed by atoms with E-state index in [0.717, 1.165) is 4.88 Å². The Morgan fingerprint density at radius 1 is 1.35 bits per heavy atom. The summed E-state index contributed by atoms with van der Waals surface area (Å²) in [6, 6.07) is 2.87. The molecule has 2 unspecified atom stereocenters. The molecular weight excluding hydrogens is 276 g/mol. The van der Waals surface area contributed by atoms with Crippen LogP contribution in [-0.2, 0) is 9.59 Å². The number of amides is 4. The molecule has 0 spiro atoms. The molecule has 1 saturated heterocycles. The number of imide groups is 2. The SMILES string of the molecule is CCC(c1cccs1)N1C(=O)NC(=O)C(C(C)C)C1=O. The second-order valence-electron chi connectivity index (χ2n) is 5.16. The van der Waals surface area contributed by atoms with Crippen molar-refractivity contribution in [1.29, 1.82) is 0 Å². The van der Waals surface area contributed by atoms with Gasteiger partial charge < -0.3 is 0 Å². The summed E-state index contributed by atoms with van der Waals surface area (Å²) in [5.74, 6) is -1.82.